The predicted octanol–water partition coefficient (Wildman–Crippen LogP) is 1.50. The number of imide groups is 1. The Kier molecular flexibility index (Phi) is 7.77. The summed E-state index contributed by atoms with van der Waals surface area (Å²) >= 11 is 0. The van der Waals surface area contributed by atoms with Gasteiger partial charge in [0.25, 0.3) is 5.91 Å². The van der Waals surface area contributed by atoms with Crippen LogP contribution in [0.25, 0.3) is 5.69 Å². The average Bonchev–Trinajstić information content (AvgIpc) is 3.38. The first kappa shape index (κ1) is 26.8. The molecule has 1 fully saturated rings. The van der Waals surface area contributed by atoms with Gasteiger partial charge in [-0.1, -0.05) is 5.21 Å². The van der Waals surface area contributed by atoms with Gasteiger partial charge in [-0.25, -0.2) is 9.48 Å². The maximum Gasteiger partial charge on any atom is 0.490 e. The van der Waals surface area contributed by atoms with Gasteiger partial charge in [-0.3, -0.25) is 24.6 Å². The molecule has 1 atom stereocenters. The lowest BCUT2D eigenvalue weighted by Crippen LogP contribution is -2.52. The number of carbonyl (C=O) groups excluding carboxylic acids is 3. The molecule has 0 aliphatic carbocycles. The number of nitrogens with one attached hydrogen (secondary N) is 1. The Balaban J connectivity index is 0.000000454. The first-order valence-electron chi connectivity index (χ1n) is 11.0. The van der Waals surface area contributed by atoms with Crippen molar-refractivity contribution in [3.05, 3.63) is 41.2 Å². The van der Waals surface area contributed by atoms with Crippen LogP contribution in [0.15, 0.2) is 24.4 Å². The minimum atomic E-state index is -5.08. The second-order valence-electron chi connectivity index (χ2n) is 8.71. The largest absolute Gasteiger partial charge is 0.490 e. The van der Waals surface area contributed by atoms with Gasteiger partial charge in [0.05, 0.1) is 17.6 Å². The molecule has 14 heteroatoms. The summed E-state index contributed by atoms with van der Waals surface area (Å²) in [5, 5.41) is 17.9. The molecule has 11 nitrogen and oxygen atoms in total. The van der Waals surface area contributed by atoms with Crippen molar-refractivity contribution in [3.8, 4) is 5.69 Å². The van der Waals surface area contributed by atoms with Gasteiger partial charge in [-0.2, -0.15) is 13.2 Å². The maximum absolute atomic E-state index is 12.8. The molecule has 0 spiro atoms. The van der Waals surface area contributed by atoms with Crippen molar-refractivity contribution in [1.82, 2.24) is 30.1 Å². The number of rotatable bonds is 5. The molecule has 194 valence electrons. The minimum Gasteiger partial charge on any atom is -0.475 e. The number of fused-ring (bicyclic) bond motifs is 1. The van der Waals surface area contributed by atoms with E-state index in [1.165, 1.54) is 0 Å². The predicted molar refractivity (Wildman–Crippen MR) is 118 cm³/mol. The lowest BCUT2D eigenvalue weighted by molar-refractivity contribution is -0.192. The van der Waals surface area contributed by atoms with Crippen molar-refractivity contribution in [1.29, 1.82) is 0 Å². The summed E-state index contributed by atoms with van der Waals surface area (Å²) in [7, 11) is 2.04. The number of nitrogens with zero attached hydrogens (tertiary/aromatic N) is 5. The lowest BCUT2D eigenvalue weighted by atomic mass is 10.0. The Bertz CT molecular complexity index is 1180. The van der Waals surface area contributed by atoms with Gasteiger partial charge in [0, 0.05) is 31.1 Å². The Morgan fingerprint density at radius 1 is 1.28 bits per heavy atom. The van der Waals surface area contributed by atoms with Crippen LogP contribution in [0.1, 0.15) is 48.3 Å². The van der Waals surface area contributed by atoms with E-state index in [1.807, 2.05) is 25.4 Å². The van der Waals surface area contributed by atoms with Gasteiger partial charge in [0.15, 0.2) is 0 Å². The molecule has 3 amide bonds. The molecule has 4 rings (SSSR count). The second-order valence-corrected chi connectivity index (χ2v) is 8.71. The third-order valence-electron chi connectivity index (χ3n) is 5.85. The van der Waals surface area contributed by atoms with Crippen molar-refractivity contribution in [2.45, 2.75) is 58.0 Å². The van der Waals surface area contributed by atoms with E-state index in [-0.39, 0.29) is 18.2 Å². The smallest absolute Gasteiger partial charge is 0.475 e. The van der Waals surface area contributed by atoms with Crippen molar-refractivity contribution < 1.29 is 37.5 Å². The van der Waals surface area contributed by atoms with Crippen LogP contribution in [-0.2, 0) is 27.5 Å². The van der Waals surface area contributed by atoms with Crippen LogP contribution in [0.3, 0.4) is 0 Å². The van der Waals surface area contributed by atoms with Crippen LogP contribution in [0.4, 0.5) is 13.2 Å². The van der Waals surface area contributed by atoms with Gasteiger partial charge in [-0.05, 0) is 51.1 Å². The van der Waals surface area contributed by atoms with Crippen LogP contribution in [-0.4, -0.2) is 78.9 Å². The van der Waals surface area contributed by atoms with E-state index in [0.29, 0.717) is 31.1 Å². The summed E-state index contributed by atoms with van der Waals surface area (Å²) < 4.78 is 33.4. The molecule has 1 unspecified atom stereocenters. The zero-order chi connectivity index (χ0) is 26.8. The molecule has 36 heavy (non-hydrogen) atoms. The van der Waals surface area contributed by atoms with E-state index >= 15 is 0 Å². The highest BCUT2D eigenvalue weighted by atomic mass is 19.4. The molecule has 2 aliphatic heterocycles. The molecule has 3 heterocycles. The molecular formula is C22H25F3N6O5. The second kappa shape index (κ2) is 10.4. The standard InChI is InChI=1S/C20H24N6O3.C2HF3O2/c1-12(2)24(3)10-14-11-26(23-22-14)15-4-5-16-13(8-15)9-25(20(16)29)17-6-7-18(27)21-19(17)28;3-2(4,5)1(6)7/h4-5,8,11-12,17H,6-7,9-10H2,1-3H3,(H,21,27,28);(H,6,7). The molecular weight excluding hydrogens is 485 g/mol. The molecule has 2 aromatic rings. The van der Waals surface area contributed by atoms with Crippen molar-refractivity contribution >= 4 is 23.7 Å². The Morgan fingerprint density at radius 3 is 2.53 bits per heavy atom. The fourth-order valence-corrected chi connectivity index (χ4v) is 3.64. The highest BCUT2D eigenvalue weighted by Crippen LogP contribution is 2.29. The summed E-state index contributed by atoms with van der Waals surface area (Å²) in [5.74, 6) is -3.63. The van der Waals surface area contributed by atoms with Crippen LogP contribution in [0.5, 0.6) is 0 Å². The Labute approximate surface area is 203 Å². The fraction of sp³-hybridized carbons (Fsp3) is 0.455. The number of halogens is 3. The van der Waals surface area contributed by atoms with E-state index in [9.17, 15) is 27.6 Å². The van der Waals surface area contributed by atoms with Gasteiger partial charge in [0.1, 0.15) is 6.04 Å². The van der Waals surface area contributed by atoms with E-state index < -0.39 is 24.1 Å². The van der Waals surface area contributed by atoms with Gasteiger partial charge in [0.2, 0.25) is 11.8 Å². The molecule has 0 saturated carbocycles. The third-order valence-corrected chi connectivity index (χ3v) is 5.85. The lowest BCUT2D eigenvalue weighted by Gasteiger charge is -2.29. The monoisotopic (exact) mass is 510 g/mol. The zero-order valence-corrected chi connectivity index (χ0v) is 19.7. The third kappa shape index (κ3) is 6.05. The van der Waals surface area contributed by atoms with Crippen LogP contribution >= 0.6 is 0 Å². The minimum absolute atomic E-state index is 0.182. The molecule has 2 aliphatic rings. The van der Waals surface area contributed by atoms with Crippen molar-refractivity contribution in [3.63, 3.8) is 0 Å². The van der Waals surface area contributed by atoms with Crippen molar-refractivity contribution in [2.24, 2.45) is 0 Å². The van der Waals surface area contributed by atoms with Gasteiger partial charge < -0.3 is 10.0 Å². The number of amides is 3. The number of carboxylic acid groups (broad SMARTS) is 1. The average molecular weight is 510 g/mol. The highest BCUT2D eigenvalue weighted by Gasteiger charge is 2.39. The molecule has 1 aromatic carbocycles. The number of carbonyl (C=O) groups is 4. The Hall–Kier alpha value is -3.81. The van der Waals surface area contributed by atoms with E-state index in [0.717, 1.165) is 16.9 Å². The zero-order valence-electron chi connectivity index (χ0n) is 19.7. The summed E-state index contributed by atoms with van der Waals surface area (Å²) in [4.78, 5) is 48.9. The Morgan fingerprint density at radius 2 is 1.94 bits per heavy atom. The van der Waals surface area contributed by atoms with Gasteiger partial charge >= 0.3 is 12.1 Å². The summed E-state index contributed by atoms with van der Waals surface area (Å²) in [5.41, 5.74) is 3.10. The first-order chi connectivity index (χ1) is 16.8. The number of hydrogen-bond donors (Lipinski definition) is 2. The topological polar surface area (TPSA) is 138 Å². The normalized spacial score (nSPS) is 17.7. The SMILES string of the molecule is CC(C)N(C)Cc1cn(-c2ccc3c(c2)CN(C2CCC(=O)NC2=O)C3=O)nn1.O=C(O)C(F)(F)F. The maximum atomic E-state index is 12.8. The number of aliphatic carboxylic acids is 1. The summed E-state index contributed by atoms with van der Waals surface area (Å²) in [6.45, 7) is 5.28. The number of alkyl halides is 3. The van der Waals surface area contributed by atoms with E-state index in [1.54, 1.807) is 15.6 Å². The van der Waals surface area contributed by atoms with Crippen LogP contribution < -0.4 is 5.32 Å². The van der Waals surface area contributed by atoms with Crippen LogP contribution in [0.2, 0.25) is 0 Å². The molecule has 0 bridgehead atoms. The number of benzene rings is 1. The highest BCUT2D eigenvalue weighted by molar-refractivity contribution is 6.05. The quantitative estimate of drug-likeness (QED) is 0.578. The van der Waals surface area contributed by atoms with E-state index in [4.69, 9.17) is 9.90 Å². The molecule has 0 radical (unpaired) electrons. The summed E-state index contributed by atoms with van der Waals surface area (Å²) in [6, 6.07) is 5.30. The van der Waals surface area contributed by atoms with E-state index in [2.05, 4.69) is 34.4 Å². The van der Waals surface area contributed by atoms with Gasteiger partial charge in [-0.15, -0.1) is 5.10 Å². The van der Waals surface area contributed by atoms with Crippen LogP contribution in [0, 0.1) is 0 Å². The first-order valence-corrected chi connectivity index (χ1v) is 11.0. The van der Waals surface area contributed by atoms with Crippen molar-refractivity contribution in [2.75, 3.05) is 7.05 Å². The summed E-state index contributed by atoms with van der Waals surface area (Å²) in [6.07, 6.45) is -2.60. The number of aromatic nitrogens is 3. The molecule has 1 saturated heterocycles. The molecule has 1 aromatic heterocycles. The number of hydrogen-bond acceptors (Lipinski definition) is 7. The number of piperidine rings is 1. The molecule has 2 N–H and O–H groups in total. The fourth-order valence-electron chi connectivity index (χ4n) is 3.64. The number of carboxylic acids is 1.